The zero-order chi connectivity index (χ0) is 14.5. The molecule has 0 atom stereocenters. The molecule has 0 fully saturated rings. The molecule has 0 saturated carbocycles. The van der Waals surface area contributed by atoms with E-state index in [9.17, 15) is 18.0 Å². The van der Waals surface area contributed by atoms with Gasteiger partial charge in [-0.25, -0.2) is 4.79 Å². The Bertz CT molecular complexity index is 432. The van der Waals surface area contributed by atoms with Gasteiger partial charge < -0.3 is 9.64 Å². The normalized spacial score (nSPS) is 11.2. The van der Waals surface area contributed by atoms with Crippen LogP contribution in [0.1, 0.15) is 18.1 Å². The predicted molar refractivity (Wildman–Crippen MR) is 64.8 cm³/mol. The van der Waals surface area contributed by atoms with E-state index in [2.05, 4.69) is 4.74 Å². The molecule has 0 heterocycles. The lowest BCUT2D eigenvalue weighted by molar-refractivity contribution is -0.138. The molecule has 1 aromatic carbocycles. The van der Waals surface area contributed by atoms with Crippen LogP contribution in [0.4, 0.5) is 18.0 Å². The fourth-order valence-electron chi connectivity index (χ4n) is 1.78. The molecule has 0 saturated heterocycles. The van der Waals surface area contributed by atoms with E-state index in [0.717, 1.165) is 6.07 Å². The molecule has 0 aromatic heterocycles. The lowest BCUT2D eigenvalue weighted by Crippen LogP contribution is -2.32. The summed E-state index contributed by atoms with van der Waals surface area (Å²) in [5.74, 6) is 0. The predicted octanol–water partition coefficient (Wildman–Crippen LogP) is 3.34. The van der Waals surface area contributed by atoms with Gasteiger partial charge in [-0.05, 0) is 25.0 Å². The van der Waals surface area contributed by atoms with E-state index in [0.29, 0.717) is 6.54 Å². The van der Waals surface area contributed by atoms with Crippen LogP contribution in [0.3, 0.4) is 0 Å². The highest BCUT2D eigenvalue weighted by Crippen LogP contribution is 2.32. The van der Waals surface area contributed by atoms with Gasteiger partial charge in [0, 0.05) is 13.1 Å². The monoisotopic (exact) mass is 275 g/mol. The summed E-state index contributed by atoms with van der Waals surface area (Å²) in [6, 6.07) is 5.38. The summed E-state index contributed by atoms with van der Waals surface area (Å²) in [7, 11) is 1.24. The quantitative estimate of drug-likeness (QED) is 0.843. The molecule has 0 spiro atoms. The van der Waals surface area contributed by atoms with E-state index in [1.165, 1.54) is 24.1 Å². The summed E-state index contributed by atoms with van der Waals surface area (Å²) < 4.78 is 42.9. The van der Waals surface area contributed by atoms with Crippen molar-refractivity contribution in [3.8, 4) is 0 Å². The summed E-state index contributed by atoms with van der Waals surface area (Å²) in [6.45, 7) is 2.32. The Morgan fingerprint density at radius 1 is 1.32 bits per heavy atom. The number of hydrogen-bond acceptors (Lipinski definition) is 2. The minimum Gasteiger partial charge on any atom is -0.453 e. The molecule has 6 heteroatoms. The van der Waals surface area contributed by atoms with Crippen LogP contribution in [0.25, 0.3) is 0 Å². The Balaban J connectivity index is 2.80. The van der Waals surface area contributed by atoms with Gasteiger partial charge in [0.2, 0.25) is 0 Å². The van der Waals surface area contributed by atoms with E-state index in [1.807, 2.05) is 0 Å². The van der Waals surface area contributed by atoms with Crippen LogP contribution in [0.2, 0.25) is 0 Å². The number of benzene rings is 1. The Kier molecular flexibility index (Phi) is 5.20. The molecule has 0 aliphatic heterocycles. The third-order valence-electron chi connectivity index (χ3n) is 2.79. The lowest BCUT2D eigenvalue weighted by atomic mass is 10.0. The number of amides is 1. The highest BCUT2D eigenvalue weighted by Gasteiger charge is 2.32. The SMILES string of the molecule is CCN(CCc1ccccc1C(F)(F)F)C(=O)OC. The molecule has 0 aliphatic rings. The number of hydrogen-bond donors (Lipinski definition) is 0. The van der Waals surface area contributed by atoms with Gasteiger partial charge >= 0.3 is 12.3 Å². The molecule has 1 rings (SSSR count). The van der Waals surface area contributed by atoms with Gasteiger partial charge in [0.15, 0.2) is 0 Å². The molecule has 0 unspecified atom stereocenters. The number of halogens is 3. The van der Waals surface area contributed by atoms with Gasteiger partial charge in [-0.2, -0.15) is 13.2 Å². The molecule has 1 amide bonds. The molecule has 0 aliphatic carbocycles. The van der Waals surface area contributed by atoms with Crippen LogP contribution in [-0.2, 0) is 17.3 Å². The van der Waals surface area contributed by atoms with Crippen molar-refractivity contribution in [1.82, 2.24) is 4.90 Å². The van der Waals surface area contributed by atoms with Gasteiger partial charge in [-0.15, -0.1) is 0 Å². The van der Waals surface area contributed by atoms with Gasteiger partial charge in [0.1, 0.15) is 0 Å². The van der Waals surface area contributed by atoms with Crippen LogP contribution in [0.5, 0.6) is 0 Å². The van der Waals surface area contributed by atoms with Crippen molar-refractivity contribution < 1.29 is 22.7 Å². The standard InChI is InChI=1S/C13H16F3NO2/c1-3-17(12(18)19-2)9-8-10-6-4-5-7-11(10)13(14,15)16/h4-7H,3,8-9H2,1-2H3. The average molecular weight is 275 g/mol. The molecule has 19 heavy (non-hydrogen) atoms. The van der Waals surface area contributed by atoms with Crippen molar-refractivity contribution in [2.24, 2.45) is 0 Å². The first-order valence-electron chi connectivity index (χ1n) is 5.88. The minimum absolute atomic E-state index is 0.138. The van der Waals surface area contributed by atoms with E-state index in [1.54, 1.807) is 13.0 Å². The Morgan fingerprint density at radius 2 is 1.95 bits per heavy atom. The molecule has 0 N–H and O–H groups in total. The topological polar surface area (TPSA) is 29.5 Å². The number of methoxy groups -OCH3 is 1. The highest BCUT2D eigenvalue weighted by molar-refractivity contribution is 5.67. The van der Waals surface area contributed by atoms with Crippen molar-refractivity contribution >= 4 is 6.09 Å². The second-order valence-electron chi connectivity index (χ2n) is 3.95. The minimum atomic E-state index is -4.38. The summed E-state index contributed by atoms with van der Waals surface area (Å²) in [5, 5.41) is 0. The van der Waals surface area contributed by atoms with E-state index in [4.69, 9.17) is 0 Å². The Hall–Kier alpha value is -1.72. The first kappa shape index (κ1) is 15.3. The van der Waals surface area contributed by atoms with Crippen molar-refractivity contribution in [2.45, 2.75) is 19.5 Å². The molecule has 0 bridgehead atoms. The number of nitrogens with zero attached hydrogens (tertiary/aromatic N) is 1. The fraction of sp³-hybridized carbons (Fsp3) is 0.462. The molecule has 0 radical (unpaired) electrons. The van der Waals surface area contributed by atoms with Crippen LogP contribution < -0.4 is 0 Å². The van der Waals surface area contributed by atoms with E-state index >= 15 is 0 Å². The second-order valence-corrected chi connectivity index (χ2v) is 3.95. The number of alkyl halides is 3. The Labute approximate surface area is 110 Å². The van der Waals surface area contributed by atoms with E-state index in [-0.39, 0.29) is 18.5 Å². The zero-order valence-corrected chi connectivity index (χ0v) is 10.8. The molecule has 106 valence electrons. The lowest BCUT2D eigenvalue weighted by Gasteiger charge is -2.20. The van der Waals surface area contributed by atoms with E-state index < -0.39 is 17.8 Å². The van der Waals surface area contributed by atoms with Crippen LogP contribution in [0.15, 0.2) is 24.3 Å². The first-order valence-corrected chi connectivity index (χ1v) is 5.88. The fourth-order valence-corrected chi connectivity index (χ4v) is 1.78. The van der Waals surface area contributed by atoms with Crippen LogP contribution >= 0.6 is 0 Å². The number of likely N-dealkylation sites (N-methyl/N-ethyl adjacent to an activating group) is 1. The first-order chi connectivity index (χ1) is 8.90. The summed E-state index contributed by atoms with van der Waals surface area (Å²) in [6.07, 6.45) is -4.77. The third kappa shape index (κ3) is 4.15. The second kappa shape index (κ2) is 6.45. The van der Waals surface area contributed by atoms with Crippen molar-refractivity contribution in [3.05, 3.63) is 35.4 Å². The van der Waals surface area contributed by atoms with Gasteiger partial charge in [-0.3, -0.25) is 0 Å². The third-order valence-corrected chi connectivity index (χ3v) is 2.79. The number of carbonyl (C=O) groups excluding carboxylic acids is 1. The molecular weight excluding hydrogens is 259 g/mol. The van der Waals surface area contributed by atoms with Gasteiger partial charge in [0.05, 0.1) is 12.7 Å². The molecule has 3 nitrogen and oxygen atoms in total. The van der Waals surface area contributed by atoms with Crippen molar-refractivity contribution in [1.29, 1.82) is 0 Å². The van der Waals surface area contributed by atoms with Crippen LogP contribution in [-0.4, -0.2) is 31.2 Å². The number of ether oxygens (including phenoxy) is 1. The zero-order valence-electron chi connectivity index (χ0n) is 10.8. The van der Waals surface area contributed by atoms with Crippen molar-refractivity contribution in [2.75, 3.05) is 20.2 Å². The highest BCUT2D eigenvalue weighted by atomic mass is 19.4. The maximum absolute atomic E-state index is 12.8. The average Bonchev–Trinajstić information content (AvgIpc) is 2.38. The summed E-state index contributed by atoms with van der Waals surface area (Å²) >= 11 is 0. The number of carbonyl (C=O) groups is 1. The van der Waals surface area contributed by atoms with Gasteiger partial charge in [-0.1, -0.05) is 18.2 Å². The number of rotatable bonds is 4. The van der Waals surface area contributed by atoms with Crippen LogP contribution in [0, 0.1) is 0 Å². The molecule has 1 aromatic rings. The molecular formula is C13H16F3NO2. The smallest absolute Gasteiger partial charge is 0.416 e. The maximum atomic E-state index is 12.8. The van der Waals surface area contributed by atoms with Crippen molar-refractivity contribution in [3.63, 3.8) is 0 Å². The van der Waals surface area contributed by atoms with Gasteiger partial charge in [0.25, 0.3) is 0 Å². The summed E-state index contributed by atoms with van der Waals surface area (Å²) in [5.41, 5.74) is -0.478. The maximum Gasteiger partial charge on any atom is 0.416 e. The summed E-state index contributed by atoms with van der Waals surface area (Å²) in [4.78, 5) is 12.7. The largest absolute Gasteiger partial charge is 0.453 e. The Morgan fingerprint density at radius 3 is 2.47 bits per heavy atom.